The van der Waals surface area contributed by atoms with Gasteiger partial charge in [0.1, 0.15) is 18.0 Å². The minimum absolute atomic E-state index is 0.175. The van der Waals surface area contributed by atoms with Gasteiger partial charge in [-0.15, -0.1) is 11.3 Å². The molecule has 3 N–H and O–H groups in total. The summed E-state index contributed by atoms with van der Waals surface area (Å²) in [6, 6.07) is 4.55. The Labute approximate surface area is 183 Å². The number of carbonyl (C=O) groups excluding carboxylic acids is 3. The number of benzene rings is 1. The Morgan fingerprint density at radius 1 is 1.13 bits per heavy atom. The maximum atomic E-state index is 14.4. The van der Waals surface area contributed by atoms with Gasteiger partial charge in [-0.05, 0) is 50.8 Å². The number of hydrazine groups is 1. The van der Waals surface area contributed by atoms with Crippen molar-refractivity contribution in [3.8, 4) is 0 Å². The van der Waals surface area contributed by atoms with Gasteiger partial charge in [0.05, 0.1) is 5.69 Å². The van der Waals surface area contributed by atoms with E-state index in [-0.39, 0.29) is 12.5 Å². The second-order valence-electron chi connectivity index (χ2n) is 7.58. The monoisotopic (exact) mass is 452 g/mol. The van der Waals surface area contributed by atoms with Crippen molar-refractivity contribution < 1.29 is 28.2 Å². The summed E-state index contributed by atoms with van der Waals surface area (Å²) in [4.78, 5) is 38.4. The van der Waals surface area contributed by atoms with Crippen LogP contribution in [0.3, 0.4) is 0 Å². The van der Waals surface area contributed by atoms with Gasteiger partial charge >= 0.3 is 12.2 Å². The number of thiazole rings is 1. The zero-order chi connectivity index (χ0) is 23.0. The van der Waals surface area contributed by atoms with E-state index < -0.39 is 23.6 Å². The standard InChI is InChI=1S/C20H25FN4O5S/c1-12(26)22-17-23-15(11-31-17)8-7-14-6-5-13(9-16(14)21)10-29-18(27)24-25-19(28)30-20(2,3)4/h5-6,9,11H,7-8,10H2,1-4H3,(H,24,27)(H,25,28)(H,22,23,26). The van der Waals surface area contributed by atoms with E-state index in [1.54, 1.807) is 32.9 Å². The van der Waals surface area contributed by atoms with Crippen molar-refractivity contribution in [2.75, 3.05) is 5.32 Å². The van der Waals surface area contributed by atoms with Crippen LogP contribution in [-0.4, -0.2) is 28.7 Å². The number of anilines is 1. The molecule has 0 unspecified atom stereocenters. The first-order valence-corrected chi connectivity index (χ1v) is 10.3. The Bertz CT molecular complexity index is 942. The Hall–Kier alpha value is -3.21. The summed E-state index contributed by atoms with van der Waals surface area (Å²) in [5.41, 5.74) is 5.09. The number of nitrogens with one attached hydrogen (secondary N) is 3. The van der Waals surface area contributed by atoms with Crippen molar-refractivity contribution in [2.24, 2.45) is 0 Å². The molecule has 11 heteroatoms. The van der Waals surface area contributed by atoms with E-state index in [0.717, 1.165) is 5.69 Å². The molecule has 2 aromatic rings. The number of hydrogen-bond acceptors (Lipinski definition) is 7. The van der Waals surface area contributed by atoms with Crippen LogP contribution in [0.15, 0.2) is 23.6 Å². The molecule has 0 aliphatic heterocycles. The molecule has 0 radical (unpaired) electrons. The van der Waals surface area contributed by atoms with Crippen molar-refractivity contribution in [3.63, 3.8) is 0 Å². The van der Waals surface area contributed by atoms with Crippen LogP contribution >= 0.6 is 11.3 Å². The summed E-state index contributed by atoms with van der Waals surface area (Å²) in [7, 11) is 0. The third-order valence-corrected chi connectivity index (χ3v) is 4.44. The Morgan fingerprint density at radius 3 is 2.48 bits per heavy atom. The molecular formula is C20H25FN4O5S. The molecule has 0 aliphatic carbocycles. The van der Waals surface area contributed by atoms with Gasteiger partial charge < -0.3 is 14.8 Å². The zero-order valence-electron chi connectivity index (χ0n) is 17.7. The number of rotatable bonds is 6. The number of carbonyl (C=O) groups is 3. The van der Waals surface area contributed by atoms with Gasteiger partial charge in [-0.25, -0.2) is 29.8 Å². The predicted molar refractivity (Wildman–Crippen MR) is 113 cm³/mol. The van der Waals surface area contributed by atoms with E-state index in [2.05, 4.69) is 15.7 Å². The molecule has 0 spiro atoms. The topological polar surface area (TPSA) is 119 Å². The summed E-state index contributed by atoms with van der Waals surface area (Å²) in [6.07, 6.45) is -0.795. The number of hydrogen-bond donors (Lipinski definition) is 3. The maximum absolute atomic E-state index is 14.4. The third-order valence-electron chi connectivity index (χ3n) is 3.64. The quantitative estimate of drug-likeness (QED) is 0.575. The lowest BCUT2D eigenvalue weighted by molar-refractivity contribution is -0.114. The largest absolute Gasteiger partial charge is 0.443 e. The van der Waals surface area contributed by atoms with Crippen LogP contribution in [0.4, 0.5) is 19.1 Å². The van der Waals surface area contributed by atoms with Crippen LogP contribution < -0.4 is 16.2 Å². The van der Waals surface area contributed by atoms with E-state index in [1.165, 1.54) is 24.3 Å². The van der Waals surface area contributed by atoms with Crippen molar-refractivity contribution in [1.82, 2.24) is 15.8 Å². The third kappa shape index (κ3) is 8.99. The molecule has 1 aromatic heterocycles. The van der Waals surface area contributed by atoms with Gasteiger partial charge in [0.2, 0.25) is 5.91 Å². The number of aryl methyl sites for hydroxylation is 2. The molecule has 0 aliphatic rings. The van der Waals surface area contributed by atoms with Crippen LogP contribution in [-0.2, 0) is 33.7 Å². The summed E-state index contributed by atoms with van der Waals surface area (Å²) in [5.74, 6) is -0.621. The zero-order valence-corrected chi connectivity index (χ0v) is 18.5. The van der Waals surface area contributed by atoms with E-state index in [1.807, 2.05) is 10.8 Å². The summed E-state index contributed by atoms with van der Waals surface area (Å²) in [5, 5.41) is 4.93. The van der Waals surface area contributed by atoms with Crippen molar-refractivity contribution in [2.45, 2.75) is 52.7 Å². The molecule has 0 bridgehead atoms. The van der Waals surface area contributed by atoms with Crippen LogP contribution in [0, 0.1) is 5.82 Å². The van der Waals surface area contributed by atoms with Gasteiger partial charge in [0.15, 0.2) is 5.13 Å². The lowest BCUT2D eigenvalue weighted by Gasteiger charge is -2.19. The molecule has 3 amide bonds. The van der Waals surface area contributed by atoms with E-state index >= 15 is 0 Å². The van der Waals surface area contributed by atoms with Gasteiger partial charge in [0, 0.05) is 12.3 Å². The van der Waals surface area contributed by atoms with Crippen LogP contribution in [0.1, 0.15) is 44.5 Å². The highest BCUT2D eigenvalue weighted by Crippen LogP contribution is 2.18. The highest BCUT2D eigenvalue weighted by Gasteiger charge is 2.16. The van der Waals surface area contributed by atoms with Crippen LogP contribution in [0.5, 0.6) is 0 Å². The molecule has 0 saturated heterocycles. The predicted octanol–water partition coefficient (Wildman–Crippen LogP) is 3.69. The van der Waals surface area contributed by atoms with Crippen molar-refractivity contribution in [3.05, 3.63) is 46.2 Å². The normalized spacial score (nSPS) is 10.9. The van der Waals surface area contributed by atoms with E-state index in [0.29, 0.717) is 29.1 Å². The van der Waals surface area contributed by atoms with Gasteiger partial charge in [-0.3, -0.25) is 4.79 Å². The van der Waals surface area contributed by atoms with Crippen molar-refractivity contribution >= 4 is 34.6 Å². The molecule has 9 nitrogen and oxygen atoms in total. The first-order chi connectivity index (χ1) is 14.5. The maximum Gasteiger partial charge on any atom is 0.426 e. The molecule has 1 aromatic carbocycles. The minimum Gasteiger partial charge on any atom is -0.443 e. The van der Waals surface area contributed by atoms with Crippen molar-refractivity contribution in [1.29, 1.82) is 0 Å². The number of nitrogens with zero attached hydrogens (tertiary/aromatic N) is 1. The Morgan fingerprint density at radius 2 is 1.84 bits per heavy atom. The second-order valence-corrected chi connectivity index (χ2v) is 8.44. The molecule has 31 heavy (non-hydrogen) atoms. The fourth-order valence-electron chi connectivity index (χ4n) is 2.37. The summed E-state index contributed by atoms with van der Waals surface area (Å²) >= 11 is 1.31. The molecule has 0 atom stereocenters. The average molecular weight is 453 g/mol. The highest BCUT2D eigenvalue weighted by atomic mass is 32.1. The van der Waals surface area contributed by atoms with Gasteiger partial charge in [-0.2, -0.15) is 0 Å². The second kappa shape index (κ2) is 10.7. The Kier molecular flexibility index (Phi) is 8.31. The molecule has 0 fully saturated rings. The molecule has 1 heterocycles. The first kappa shape index (κ1) is 24.1. The van der Waals surface area contributed by atoms with Gasteiger partial charge in [-0.1, -0.05) is 12.1 Å². The van der Waals surface area contributed by atoms with E-state index in [9.17, 15) is 18.8 Å². The highest BCUT2D eigenvalue weighted by molar-refractivity contribution is 7.13. The molecule has 0 saturated carbocycles. The minimum atomic E-state index is -0.908. The number of ether oxygens (including phenoxy) is 2. The summed E-state index contributed by atoms with van der Waals surface area (Å²) in [6.45, 7) is 6.28. The van der Waals surface area contributed by atoms with Crippen LogP contribution in [0.25, 0.3) is 0 Å². The summed E-state index contributed by atoms with van der Waals surface area (Å²) < 4.78 is 24.3. The lowest BCUT2D eigenvalue weighted by Crippen LogP contribution is -2.44. The average Bonchev–Trinajstić information content (AvgIpc) is 3.09. The fraction of sp³-hybridized carbons (Fsp3) is 0.400. The van der Waals surface area contributed by atoms with Gasteiger partial charge in [0.25, 0.3) is 0 Å². The molecule has 2 rings (SSSR count). The fourth-order valence-corrected chi connectivity index (χ4v) is 3.16. The van der Waals surface area contributed by atoms with E-state index in [4.69, 9.17) is 9.47 Å². The first-order valence-electron chi connectivity index (χ1n) is 9.43. The smallest absolute Gasteiger partial charge is 0.426 e. The number of halogens is 1. The number of aromatic nitrogens is 1. The Balaban J connectivity index is 1.78. The number of amides is 3. The molecule has 168 valence electrons. The van der Waals surface area contributed by atoms with Crippen LogP contribution in [0.2, 0.25) is 0 Å². The lowest BCUT2D eigenvalue weighted by atomic mass is 10.1. The molecular weight excluding hydrogens is 427 g/mol. The SMILES string of the molecule is CC(=O)Nc1nc(CCc2ccc(COC(=O)NNC(=O)OC(C)(C)C)cc2F)cs1.